The highest BCUT2D eigenvalue weighted by molar-refractivity contribution is 5.77. The van der Waals surface area contributed by atoms with Gasteiger partial charge in [-0.3, -0.25) is 9.59 Å². The minimum Gasteiger partial charge on any atom is -0.461 e. The molecule has 0 aliphatic carbocycles. The molecule has 0 amide bonds. The Morgan fingerprint density at radius 3 is 2.61 bits per heavy atom. The molecule has 2 aromatic heterocycles. The van der Waals surface area contributed by atoms with E-state index >= 15 is 0 Å². The van der Waals surface area contributed by atoms with Crippen molar-refractivity contribution in [2.24, 2.45) is 0 Å². The number of hydrogen-bond acceptors (Lipinski definition) is 5. The number of fused-ring (bicyclic) bond motifs is 1. The summed E-state index contributed by atoms with van der Waals surface area (Å²) in [4.78, 5) is 31.4. The third-order valence-corrected chi connectivity index (χ3v) is 5.05. The highest BCUT2D eigenvalue weighted by atomic mass is 16.5. The summed E-state index contributed by atoms with van der Waals surface area (Å²) in [7, 11) is 0. The van der Waals surface area contributed by atoms with Crippen molar-refractivity contribution in [2.45, 2.75) is 39.7 Å². The number of aromatic amines is 1. The van der Waals surface area contributed by atoms with Crippen molar-refractivity contribution in [1.82, 2.24) is 19.7 Å². The maximum atomic E-state index is 12.1. The van der Waals surface area contributed by atoms with Gasteiger partial charge >= 0.3 is 5.97 Å². The zero-order valence-electron chi connectivity index (χ0n) is 17.6. The predicted molar refractivity (Wildman–Crippen MR) is 118 cm³/mol. The van der Waals surface area contributed by atoms with E-state index in [1.165, 1.54) is 0 Å². The molecule has 7 heteroatoms. The zero-order chi connectivity index (χ0) is 21.8. The first-order chi connectivity index (χ1) is 15.0. The lowest BCUT2D eigenvalue weighted by Crippen LogP contribution is -2.12. The largest absolute Gasteiger partial charge is 0.461 e. The molecule has 0 saturated carbocycles. The van der Waals surface area contributed by atoms with E-state index in [0.29, 0.717) is 29.6 Å². The number of ether oxygens (including phenoxy) is 1. The molecule has 7 nitrogen and oxygen atoms in total. The van der Waals surface area contributed by atoms with E-state index in [1.54, 1.807) is 6.07 Å². The number of hydrogen-bond donors (Lipinski definition) is 1. The average Bonchev–Trinajstić information content (AvgIpc) is 3.10. The third kappa shape index (κ3) is 4.88. The van der Waals surface area contributed by atoms with Gasteiger partial charge in [0, 0.05) is 18.5 Å². The van der Waals surface area contributed by atoms with Crippen LogP contribution in [0.15, 0.2) is 59.4 Å². The number of nitrogens with zero attached hydrogens (tertiary/aromatic N) is 3. The molecule has 2 aromatic carbocycles. The van der Waals surface area contributed by atoms with Crippen LogP contribution in [0.3, 0.4) is 0 Å². The molecule has 0 bridgehead atoms. The number of nitrogens with one attached hydrogen (secondary N) is 1. The maximum Gasteiger partial charge on any atom is 0.306 e. The van der Waals surface area contributed by atoms with E-state index in [1.807, 2.05) is 67.1 Å². The van der Waals surface area contributed by atoms with Crippen molar-refractivity contribution in [3.05, 3.63) is 87.7 Å². The number of benzene rings is 2. The molecular weight excluding hydrogens is 392 g/mol. The van der Waals surface area contributed by atoms with Crippen LogP contribution >= 0.6 is 0 Å². The fourth-order valence-corrected chi connectivity index (χ4v) is 3.51. The molecule has 0 unspecified atom stereocenters. The van der Waals surface area contributed by atoms with Gasteiger partial charge in [0.2, 0.25) is 0 Å². The Kier molecular flexibility index (Phi) is 5.93. The minimum atomic E-state index is -0.272. The average molecular weight is 416 g/mol. The predicted octanol–water partition coefficient (Wildman–Crippen LogP) is 3.79. The molecule has 0 aliphatic rings. The summed E-state index contributed by atoms with van der Waals surface area (Å²) in [5, 5.41) is 5.03. The lowest BCUT2D eigenvalue weighted by atomic mass is 10.2. The van der Waals surface area contributed by atoms with Gasteiger partial charge in [-0.1, -0.05) is 24.3 Å². The molecule has 0 radical (unpaired) electrons. The van der Waals surface area contributed by atoms with E-state index < -0.39 is 0 Å². The second-order valence-electron chi connectivity index (χ2n) is 7.55. The van der Waals surface area contributed by atoms with Gasteiger partial charge in [0.25, 0.3) is 5.56 Å². The van der Waals surface area contributed by atoms with Crippen LogP contribution in [0.2, 0.25) is 0 Å². The van der Waals surface area contributed by atoms with Gasteiger partial charge in [0.05, 0.1) is 22.3 Å². The zero-order valence-corrected chi connectivity index (χ0v) is 17.6. The SMILES string of the molecule is Cc1cc(C)n(-c2ccc(COC(=O)CCCc3nc4ccccc4c(=O)[nH]3)cc2)n1. The number of carbonyl (C=O) groups is 1. The monoisotopic (exact) mass is 416 g/mol. The molecule has 158 valence electrons. The van der Waals surface area contributed by atoms with Crippen LogP contribution in [0.5, 0.6) is 0 Å². The van der Waals surface area contributed by atoms with Crippen molar-refractivity contribution < 1.29 is 9.53 Å². The van der Waals surface area contributed by atoms with Gasteiger partial charge in [-0.2, -0.15) is 5.10 Å². The Morgan fingerprint density at radius 1 is 1.10 bits per heavy atom. The molecule has 0 spiro atoms. The van der Waals surface area contributed by atoms with Crippen LogP contribution in [-0.2, 0) is 22.6 Å². The molecule has 0 fully saturated rings. The standard InChI is InChI=1S/C24H24N4O3/c1-16-14-17(2)28(27-16)19-12-10-18(11-13-19)15-31-23(29)9-5-8-22-25-21-7-4-3-6-20(21)24(30)26-22/h3-4,6-7,10-14H,5,8-9,15H2,1-2H3,(H,25,26,30). The molecule has 31 heavy (non-hydrogen) atoms. The van der Waals surface area contributed by atoms with Crippen molar-refractivity contribution >= 4 is 16.9 Å². The van der Waals surface area contributed by atoms with E-state index in [4.69, 9.17) is 4.74 Å². The molecule has 4 aromatic rings. The van der Waals surface area contributed by atoms with Crippen LogP contribution in [0.1, 0.15) is 35.6 Å². The summed E-state index contributed by atoms with van der Waals surface area (Å²) in [5.41, 5.74) is 4.42. The smallest absolute Gasteiger partial charge is 0.306 e. The summed E-state index contributed by atoms with van der Waals surface area (Å²) in [5.74, 6) is 0.307. The van der Waals surface area contributed by atoms with Gasteiger partial charge in [0.15, 0.2) is 0 Å². The van der Waals surface area contributed by atoms with E-state index in [2.05, 4.69) is 15.1 Å². The lowest BCUT2D eigenvalue weighted by Gasteiger charge is -2.08. The normalized spacial score (nSPS) is 11.0. The molecule has 0 saturated heterocycles. The molecular formula is C24H24N4O3. The first kappa shape index (κ1) is 20.5. The first-order valence-electron chi connectivity index (χ1n) is 10.3. The van der Waals surface area contributed by atoms with Crippen LogP contribution in [0.4, 0.5) is 0 Å². The Hall–Kier alpha value is -3.74. The Morgan fingerprint density at radius 2 is 1.87 bits per heavy atom. The Labute approximate surface area is 179 Å². The number of H-pyrrole nitrogens is 1. The molecule has 0 aliphatic heterocycles. The van der Waals surface area contributed by atoms with Gasteiger partial charge < -0.3 is 9.72 Å². The summed E-state index contributed by atoms with van der Waals surface area (Å²) < 4.78 is 7.26. The first-order valence-corrected chi connectivity index (χ1v) is 10.3. The minimum absolute atomic E-state index is 0.160. The van der Waals surface area contributed by atoms with Gasteiger partial charge in [-0.05, 0) is 56.2 Å². The van der Waals surface area contributed by atoms with Gasteiger partial charge in [0.1, 0.15) is 12.4 Å². The van der Waals surface area contributed by atoms with Crippen LogP contribution in [0, 0.1) is 13.8 Å². The second kappa shape index (κ2) is 8.95. The van der Waals surface area contributed by atoms with Gasteiger partial charge in [-0.15, -0.1) is 0 Å². The van der Waals surface area contributed by atoms with Crippen LogP contribution in [-0.4, -0.2) is 25.7 Å². The van der Waals surface area contributed by atoms with Crippen LogP contribution < -0.4 is 5.56 Å². The number of aryl methyl sites for hydroxylation is 3. The highest BCUT2D eigenvalue weighted by Crippen LogP contribution is 2.14. The highest BCUT2D eigenvalue weighted by Gasteiger charge is 2.08. The van der Waals surface area contributed by atoms with Crippen molar-refractivity contribution in [3.63, 3.8) is 0 Å². The number of carbonyl (C=O) groups excluding carboxylic acids is 1. The number of rotatable bonds is 7. The second-order valence-corrected chi connectivity index (χ2v) is 7.55. The maximum absolute atomic E-state index is 12.1. The van der Waals surface area contributed by atoms with Gasteiger partial charge in [-0.25, -0.2) is 9.67 Å². The quantitative estimate of drug-likeness (QED) is 0.463. The Bertz CT molecular complexity index is 1270. The van der Waals surface area contributed by atoms with E-state index in [0.717, 1.165) is 22.6 Å². The molecule has 4 rings (SSSR count). The van der Waals surface area contributed by atoms with E-state index in [9.17, 15) is 9.59 Å². The van der Waals surface area contributed by atoms with Crippen molar-refractivity contribution in [2.75, 3.05) is 0 Å². The summed E-state index contributed by atoms with van der Waals surface area (Å²) in [6.45, 7) is 4.20. The van der Waals surface area contributed by atoms with Crippen molar-refractivity contribution in [1.29, 1.82) is 0 Å². The lowest BCUT2D eigenvalue weighted by molar-refractivity contribution is -0.145. The molecule has 2 heterocycles. The number of esters is 1. The Balaban J connectivity index is 1.27. The van der Waals surface area contributed by atoms with E-state index in [-0.39, 0.29) is 24.6 Å². The number of aromatic nitrogens is 4. The topological polar surface area (TPSA) is 89.9 Å². The fourth-order valence-electron chi connectivity index (χ4n) is 3.51. The summed E-state index contributed by atoms with van der Waals surface area (Å²) in [6, 6.07) is 17.0. The fraction of sp³-hybridized carbons (Fsp3) is 0.250. The summed E-state index contributed by atoms with van der Waals surface area (Å²) >= 11 is 0. The van der Waals surface area contributed by atoms with Crippen molar-refractivity contribution in [3.8, 4) is 5.69 Å². The number of para-hydroxylation sites is 1. The molecule has 1 N–H and O–H groups in total. The third-order valence-electron chi connectivity index (χ3n) is 5.05. The molecule has 0 atom stereocenters. The summed E-state index contributed by atoms with van der Waals surface area (Å²) in [6.07, 6.45) is 1.32. The van der Waals surface area contributed by atoms with Crippen LogP contribution in [0.25, 0.3) is 16.6 Å².